The Hall–Kier alpha value is -1.86. The molecule has 0 radical (unpaired) electrons. The van der Waals surface area contributed by atoms with Crippen molar-refractivity contribution in [1.29, 1.82) is 0 Å². The minimum absolute atomic E-state index is 0.735. The first-order chi connectivity index (χ1) is 16.0. The van der Waals surface area contributed by atoms with Crippen molar-refractivity contribution in [2.24, 2.45) is 0 Å². The first-order valence-corrected chi connectivity index (χ1v) is 13.7. The van der Waals surface area contributed by atoms with Gasteiger partial charge in [0, 0.05) is 21.2 Å². The number of thioether (sulfide) groups is 2. The highest BCUT2D eigenvalue weighted by Crippen LogP contribution is 2.30. The number of thiocarbonyl (C=S) groups is 2. The predicted molar refractivity (Wildman–Crippen MR) is 156 cm³/mol. The minimum Gasteiger partial charge on any atom is -0.341 e. The smallest absolute Gasteiger partial charge is 0.143 e. The summed E-state index contributed by atoms with van der Waals surface area (Å²) < 4.78 is 1.48. The molecule has 0 fully saturated rings. The first kappa shape index (κ1) is 25.8. The summed E-state index contributed by atoms with van der Waals surface area (Å²) in [5.41, 5.74) is 5.76. The maximum atomic E-state index is 5.68. The molecular formula is C27H30N2S4. The van der Waals surface area contributed by atoms with Crippen molar-refractivity contribution in [2.75, 3.05) is 10.6 Å². The molecule has 0 aliphatic rings. The largest absolute Gasteiger partial charge is 0.341 e. The molecule has 0 spiro atoms. The van der Waals surface area contributed by atoms with Crippen LogP contribution in [0, 0.1) is 6.92 Å². The number of hydrogen-bond donors (Lipinski definition) is 2. The van der Waals surface area contributed by atoms with E-state index in [1.807, 2.05) is 0 Å². The second-order valence-electron chi connectivity index (χ2n) is 7.77. The van der Waals surface area contributed by atoms with Crippen LogP contribution in [0.1, 0.15) is 43.4 Å². The van der Waals surface area contributed by atoms with Crippen LogP contribution >= 0.6 is 48.0 Å². The van der Waals surface area contributed by atoms with Crippen LogP contribution in [0.25, 0.3) is 0 Å². The Labute approximate surface area is 217 Å². The third-order valence-corrected chi connectivity index (χ3v) is 7.63. The summed E-state index contributed by atoms with van der Waals surface area (Å²) >= 11 is 14.6. The third-order valence-electron chi connectivity index (χ3n) is 5.11. The van der Waals surface area contributed by atoms with E-state index in [-0.39, 0.29) is 0 Å². The van der Waals surface area contributed by atoms with Crippen LogP contribution < -0.4 is 10.6 Å². The van der Waals surface area contributed by atoms with E-state index in [1.165, 1.54) is 20.9 Å². The molecular weight excluding hydrogens is 481 g/mol. The van der Waals surface area contributed by atoms with Gasteiger partial charge in [-0.1, -0.05) is 117 Å². The molecule has 6 heteroatoms. The molecule has 3 aromatic rings. The summed E-state index contributed by atoms with van der Waals surface area (Å²) in [5.74, 6) is 0. The van der Waals surface area contributed by atoms with Gasteiger partial charge < -0.3 is 10.6 Å². The van der Waals surface area contributed by atoms with Crippen molar-refractivity contribution < 1.29 is 0 Å². The lowest BCUT2D eigenvalue weighted by atomic mass is 10.1. The van der Waals surface area contributed by atoms with E-state index in [4.69, 9.17) is 24.4 Å². The molecule has 33 heavy (non-hydrogen) atoms. The van der Waals surface area contributed by atoms with Gasteiger partial charge in [0.2, 0.25) is 0 Å². The third kappa shape index (κ3) is 7.85. The van der Waals surface area contributed by atoms with Crippen LogP contribution in [0.2, 0.25) is 0 Å². The van der Waals surface area contributed by atoms with Gasteiger partial charge in [-0.2, -0.15) is 0 Å². The second kappa shape index (κ2) is 13.1. The molecule has 0 aliphatic heterocycles. The van der Waals surface area contributed by atoms with E-state index in [9.17, 15) is 0 Å². The Morgan fingerprint density at radius 1 is 0.727 bits per heavy atom. The second-order valence-corrected chi connectivity index (χ2v) is 11.2. The summed E-state index contributed by atoms with van der Waals surface area (Å²) in [6, 6.07) is 23.2. The lowest BCUT2D eigenvalue weighted by molar-refractivity contribution is 0.901. The van der Waals surface area contributed by atoms with Gasteiger partial charge in [-0.3, -0.25) is 0 Å². The number of nitrogens with one attached hydrogen (secondary N) is 2. The average Bonchev–Trinajstić information content (AvgIpc) is 2.79. The molecule has 0 amide bonds. The van der Waals surface area contributed by atoms with Crippen molar-refractivity contribution in [1.82, 2.24) is 0 Å². The van der Waals surface area contributed by atoms with Gasteiger partial charge in [0.15, 0.2) is 0 Å². The van der Waals surface area contributed by atoms with E-state index in [0.29, 0.717) is 0 Å². The topological polar surface area (TPSA) is 24.1 Å². The summed E-state index contributed by atoms with van der Waals surface area (Å²) in [6.45, 7) is 6.48. The predicted octanol–water partition coefficient (Wildman–Crippen LogP) is 8.88. The van der Waals surface area contributed by atoms with E-state index in [0.717, 1.165) is 51.3 Å². The SMILES string of the molecule is CCCc1ccccc1SC(=S)Nc1ccc(C)c(NC(=S)Sc2ccccc2CCC)c1. The van der Waals surface area contributed by atoms with Crippen molar-refractivity contribution in [2.45, 2.75) is 56.2 Å². The molecule has 0 aliphatic carbocycles. The lowest BCUT2D eigenvalue weighted by Crippen LogP contribution is -2.09. The molecule has 0 aromatic heterocycles. The van der Waals surface area contributed by atoms with Crippen LogP contribution in [0.3, 0.4) is 0 Å². The molecule has 3 aromatic carbocycles. The van der Waals surface area contributed by atoms with Crippen molar-refractivity contribution in [3.63, 3.8) is 0 Å². The van der Waals surface area contributed by atoms with E-state index < -0.39 is 0 Å². The summed E-state index contributed by atoms with van der Waals surface area (Å²) in [7, 11) is 0. The lowest BCUT2D eigenvalue weighted by Gasteiger charge is -2.15. The fourth-order valence-electron chi connectivity index (χ4n) is 3.47. The Kier molecular flexibility index (Phi) is 10.3. The fraction of sp³-hybridized carbons (Fsp3) is 0.259. The van der Waals surface area contributed by atoms with Crippen LogP contribution in [-0.4, -0.2) is 8.64 Å². The Balaban J connectivity index is 1.66. The number of aryl methyl sites for hydroxylation is 3. The molecule has 0 bridgehead atoms. The molecule has 0 heterocycles. The van der Waals surface area contributed by atoms with E-state index in [1.54, 1.807) is 23.5 Å². The molecule has 2 N–H and O–H groups in total. The number of anilines is 2. The maximum absolute atomic E-state index is 5.68. The zero-order chi connectivity index (χ0) is 23.6. The molecule has 172 valence electrons. The summed E-state index contributed by atoms with van der Waals surface area (Å²) in [5, 5.41) is 6.80. The molecule has 0 unspecified atom stereocenters. The molecule has 0 saturated carbocycles. The van der Waals surface area contributed by atoms with Gasteiger partial charge in [-0.25, -0.2) is 0 Å². The zero-order valence-corrected chi connectivity index (χ0v) is 22.6. The first-order valence-electron chi connectivity index (χ1n) is 11.2. The number of rotatable bonds is 8. The van der Waals surface area contributed by atoms with Crippen molar-refractivity contribution in [3.8, 4) is 0 Å². The molecule has 0 atom stereocenters. The van der Waals surface area contributed by atoms with Gasteiger partial charge in [0.1, 0.15) is 8.64 Å². The molecule has 3 rings (SSSR count). The van der Waals surface area contributed by atoms with Gasteiger partial charge in [-0.15, -0.1) is 0 Å². The van der Waals surface area contributed by atoms with Crippen LogP contribution in [-0.2, 0) is 12.8 Å². The normalized spacial score (nSPS) is 10.6. The highest BCUT2D eigenvalue weighted by molar-refractivity contribution is 8.23. The number of benzene rings is 3. The Morgan fingerprint density at radius 3 is 1.79 bits per heavy atom. The quantitative estimate of drug-likeness (QED) is 0.232. The number of hydrogen-bond acceptors (Lipinski definition) is 4. The Morgan fingerprint density at radius 2 is 1.24 bits per heavy atom. The van der Waals surface area contributed by atoms with E-state index >= 15 is 0 Å². The van der Waals surface area contributed by atoms with Crippen LogP contribution in [0.5, 0.6) is 0 Å². The van der Waals surface area contributed by atoms with E-state index in [2.05, 4.69) is 98.1 Å². The van der Waals surface area contributed by atoms with Crippen LogP contribution in [0.4, 0.5) is 11.4 Å². The maximum Gasteiger partial charge on any atom is 0.143 e. The average molecular weight is 511 g/mol. The van der Waals surface area contributed by atoms with Gasteiger partial charge >= 0.3 is 0 Å². The van der Waals surface area contributed by atoms with Gasteiger partial charge in [0.05, 0.1) is 0 Å². The zero-order valence-electron chi connectivity index (χ0n) is 19.3. The highest BCUT2D eigenvalue weighted by Gasteiger charge is 2.10. The van der Waals surface area contributed by atoms with Crippen LogP contribution in [0.15, 0.2) is 76.5 Å². The standard InChI is InChI=1S/C27H30N2S4/c1-4-10-20-12-6-8-14-24(20)32-26(30)28-22-17-16-19(3)23(18-22)29-27(31)33-25-15-9-7-13-21(25)11-5-2/h6-9,12-18H,4-5,10-11H2,1-3H3,(H,28,30)(H,29,31). The monoisotopic (exact) mass is 510 g/mol. The van der Waals surface area contributed by atoms with Crippen molar-refractivity contribution >= 4 is 68.0 Å². The summed E-state index contributed by atoms with van der Waals surface area (Å²) in [4.78, 5) is 2.43. The van der Waals surface area contributed by atoms with Gasteiger partial charge in [-0.05, 0) is 60.7 Å². The highest BCUT2D eigenvalue weighted by atomic mass is 32.2. The Bertz CT molecular complexity index is 1110. The molecule has 0 saturated heterocycles. The molecule has 2 nitrogen and oxygen atoms in total. The fourth-order valence-corrected chi connectivity index (χ4v) is 5.86. The summed E-state index contributed by atoms with van der Waals surface area (Å²) in [6.07, 6.45) is 4.35. The van der Waals surface area contributed by atoms with Crippen molar-refractivity contribution in [3.05, 3.63) is 83.4 Å². The van der Waals surface area contributed by atoms with Gasteiger partial charge in [0.25, 0.3) is 0 Å². The minimum atomic E-state index is 0.735.